The lowest BCUT2D eigenvalue weighted by Crippen LogP contribution is -2.39. The van der Waals surface area contributed by atoms with Crippen LogP contribution in [0.3, 0.4) is 0 Å². The number of alkyl halides is 1. The molecule has 0 saturated heterocycles. The Morgan fingerprint density at radius 1 is 1.06 bits per heavy atom. The molecule has 2 aliphatic carbocycles. The van der Waals surface area contributed by atoms with Crippen molar-refractivity contribution in [3.63, 3.8) is 0 Å². The molecule has 16 heavy (non-hydrogen) atoms. The number of carbonyl (C=O) groups excluding carboxylic acids is 2. The van der Waals surface area contributed by atoms with Gasteiger partial charge in [0.15, 0.2) is 0 Å². The Kier molecular flexibility index (Phi) is 3.67. The van der Waals surface area contributed by atoms with Crippen LogP contribution in [0.25, 0.3) is 0 Å². The third-order valence-corrected chi connectivity index (χ3v) is 4.76. The Morgan fingerprint density at radius 2 is 1.69 bits per heavy atom. The maximum absolute atomic E-state index is 11.9. The third kappa shape index (κ3) is 2.47. The highest BCUT2D eigenvalue weighted by Crippen LogP contribution is 2.37. The summed E-state index contributed by atoms with van der Waals surface area (Å²) in [7, 11) is 0. The summed E-state index contributed by atoms with van der Waals surface area (Å²) in [5, 5.41) is 0. The van der Waals surface area contributed by atoms with Gasteiger partial charge in [0.1, 0.15) is 4.32 Å². The monoisotopic (exact) mass is 288 g/mol. The lowest BCUT2D eigenvalue weighted by atomic mass is 9.85. The van der Waals surface area contributed by atoms with E-state index in [1.165, 1.54) is 0 Å². The van der Waals surface area contributed by atoms with Crippen LogP contribution in [0.2, 0.25) is 0 Å². The highest BCUT2D eigenvalue weighted by Gasteiger charge is 2.40. The first-order chi connectivity index (χ1) is 7.62. The van der Waals surface area contributed by atoms with Crippen molar-refractivity contribution in [2.45, 2.75) is 55.7 Å². The van der Waals surface area contributed by atoms with E-state index in [0.29, 0.717) is 0 Å². The summed E-state index contributed by atoms with van der Waals surface area (Å²) in [4.78, 5) is 23.4. The first-order valence-corrected chi connectivity index (χ1v) is 6.86. The Bertz CT molecular complexity index is 291. The molecule has 2 rings (SSSR count). The van der Waals surface area contributed by atoms with Crippen molar-refractivity contribution in [1.82, 2.24) is 0 Å². The van der Waals surface area contributed by atoms with E-state index in [1.54, 1.807) is 0 Å². The second-order valence-corrected chi connectivity index (χ2v) is 6.38. The molecular weight excluding hydrogens is 272 g/mol. The van der Waals surface area contributed by atoms with Crippen molar-refractivity contribution < 1.29 is 14.3 Å². The van der Waals surface area contributed by atoms with E-state index in [1.807, 2.05) is 0 Å². The minimum atomic E-state index is -0.593. The first kappa shape index (κ1) is 12.1. The number of rotatable bonds is 2. The molecule has 0 atom stereocenters. The molecule has 0 radical (unpaired) electrons. The zero-order valence-electron chi connectivity index (χ0n) is 9.34. The van der Waals surface area contributed by atoms with Crippen LogP contribution < -0.4 is 0 Å². The van der Waals surface area contributed by atoms with E-state index in [-0.39, 0.29) is 17.9 Å². The minimum absolute atomic E-state index is 0.0244. The topological polar surface area (TPSA) is 43.4 Å². The van der Waals surface area contributed by atoms with Gasteiger partial charge in [0.25, 0.3) is 0 Å². The molecule has 0 bridgehead atoms. The van der Waals surface area contributed by atoms with Crippen LogP contribution in [0.15, 0.2) is 0 Å². The van der Waals surface area contributed by atoms with E-state index in [0.717, 1.165) is 51.4 Å². The highest BCUT2D eigenvalue weighted by atomic mass is 79.9. The van der Waals surface area contributed by atoms with Crippen LogP contribution in [0.1, 0.15) is 51.4 Å². The molecule has 0 aromatic heterocycles. The van der Waals surface area contributed by atoms with Crippen LogP contribution in [-0.4, -0.2) is 16.3 Å². The average molecular weight is 289 g/mol. The lowest BCUT2D eigenvalue weighted by Gasteiger charge is -2.30. The normalized spacial score (nSPS) is 24.6. The van der Waals surface area contributed by atoms with Gasteiger partial charge >= 0.3 is 11.9 Å². The lowest BCUT2D eigenvalue weighted by molar-refractivity contribution is -0.166. The maximum atomic E-state index is 11.9. The fourth-order valence-corrected chi connectivity index (χ4v) is 2.87. The fraction of sp³-hybridized carbons (Fsp3) is 0.833. The van der Waals surface area contributed by atoms with E-state index in [4.69, 9.17) is 4.74 Å². The van der Waals surface area contributed by atoms with Gasteiger partial charge in [0.05, 0.1) is 5.92 Å². The molecule has 0 spiro atoms. The number of hydrogen-bond acceptors (Lipinski definition) is 3. The Labute approximate surface area is 104 Å². The van der Waals surface area contributed by atoms with Crippen LogP contribution in [0, 0.1) is 5.92 Å². The van der Waals surface area contributed by atoms with Crippen molar-refractivity contribution in [2.75, 3.05) is 0 Å². The van der Waals surface area contributed by atoms with Gasteiger partial charge in [-0.2, -0.15) is 0 Å². The molecule has 0 N–H and O–H groups in total. The predicted molar refractivity (Wildman–Crippen MR) is 63.2 cm³/mol. The number of hydrogen-bond donors (Lipinski definition) is 0. The summed E-state index contributed by atoms with van der Waals surface area (Å²) in [5.41, 5.74) is 0. The van der Waals surface area contributed by atoms with Crippen LogP contribution in [0.5, 0.6) is 0 Å². The largest absolute Gasteiger partial charge is 0.392 e. The van der Waals surface area contributed by atoms with Gasteiger partial charge in [-0.3, -0.25) is 9.59 Å². The molecular formula is C12H17BrO3. The molecule has 0 aliphatic heterocycles. The number of esters is 2. The smallest absolute Gasteiger partial charge is 0.330 e. The van der Waals surface area contributed by atoms with Gasteiger partial charge < -0.3 is 4.74 Å². The van der Waals surface area contributed by atoms with E-state index in [2.05, 4.69) is 15.9 Å². The van der Waals surface area contributed by atoms with Gasteiger partial charge in [0.2, 0.25) is 0 Å². The number of carbonyl (C=O) groups is 2. The van der Waals surface area contributed by atoms with E-state index < -0.39 is 4.32 Å². The maximum Gasteiger partial charge on any atom is 0.330 e. The summed E-state index contributed by atoms with van der Waals surface area (Å²) in [6.07, 6.45) is 7.61. The quantitative estimate of drug-likeness (QED) is 0.446. The summed E-state index contributed by atoms with van der Waals surface area (Å²) < 4.78 is 4.38. The average Bonchev–Trinajstić information content (AvgIpc) is 2.15. The standard InChI is InChI=1S/C12H17BrO3/c13-12(7-2-1-3-8-12)11(15)16-10(14)9-5-4-6-9/h9H,1-8H2. The molecule has 2 aliphatic rings. The van der Waals surface area contributed by atoms with Crippen molar-refractivity contribution in [3.05, 3.63) is 0 Å². The molecule has 0 amide bonds. The predicted octanol–water partition coefficient (Wildman–Crippen LogP) is 2.95. The summed E-state index contributed by atoms with van der Waals surface area (Å²) in [5.74, 6) is -0.714. The van der Waals surface area contributed by atoms with Crippen molar-refractivity contribution >= 4 is 27.9 Å². The Balaban J connectivity index is 1.88. The Hall–Kier alpha value is -0.380. The molecule has 90 valence electrons. The molecule has 3 nitrogen and oxygen atoms in total. The van der Waals surface area contributed by atoms with Crippen molar-refractivity contribution in [3.8, 4) is 0 Å². The number of ether oxygens (including phenoxy) is 1. The zero-order chi connectivity index (χ0) is 11.6. The van der Waals surface area contributed by atoms with Crippen molar-refractivity contribution in [2.24, 2.45) is 5.92 Å². The van der Waals surface area contributed by atoms with Gasteiger partial charge in [-0.15, -0.1) is 0 Å². The fourth-order valence-electron chi connectivity index (χ4n) is 2.23. The SMILES string of the molecule is O=C(OC(=O)C1(Br)CCCCC1)C1CCC1. The van der Waals surface area contributed by atoms with Crippen LogP contribution in [0.4, 0.5) is 0 Å². The second kappa shape index (κ2) is 4.86. The molecule has 0 heterocycles. The zero-order valence-corrected chi connectivity index (χ0v) is 10.9. The van der Waals surface area contributed by atoms with Crippen LogP contribution in [-0.2, 0) is 14.3 Å². The second-order valence-electron chi connectivity index (χ2n) is 4.86. The van der Waals surface area contributed by atoms with E-state index >= 15 is 0 Å². The van der Waals surface area contributed by atoms with Gasteiger partial charge in [-0.05, 0) is 25.7 Å². The summed E-state index contributed by atoms with van der Waals surface area (Å²) in [6, 6.07) is 0. The number of halogens is 1. The minimum Gasteiger partial charge on any atom is -0.392 e. The van der Waals surface area contributed by atoms with Crippen molar-refractivity contribution in [1.29, 1.82) is 0 Å². The first-order valence-electron chi connectivity index (χ1n) is 6.07. The van der Waals surface area contributed by atoms with Gasteiger partial charge in [-0.25, -0.2) is 0 Å². The molecule has 2 fully saturated rings. The highest BCUT2D eigenvalue weighted by molar-refractivity contribution is 9.10. The van der Waals surface area contributed by atoms with Gasteiger partial charge in [-0.1, -0.05) is 41.6 Å². The molecule has 2 saturated carbocycles. The summed E-state index contributed by atoms with van der Waals surface area (Å²) in [6.45, 7) is 0. The van der Waals surface area contributed by atoms with Crippen LogP contribution >= 0.6 is 15.9 Å². The third-order valence-electron chi connectivity index (χ3n) is 3.64. The Morgan fingerprint density at radius 3 is 2.19 bits per heavy atom. The molecule has 0 aromatic carbocycles. The molecule has 0 unspecified atom stereocenters. The molecule has 0 aromatic rings. The van der Waals surface area contributed by atoms with E-state index in [9.17, 15) is 9.59 Å². The summed E-state index contributed by atoms with van der Waals surface area (Å²) >= 11 is 3.45. The molecule has 4 heteroatoms. The van der Waals surface area contributed by atoms with Gasteiger partial charge in [0, 0.05) is 0 Å².